The van der Waals surface area contributed by atoms with Gasteiger partial charge in [0.2, 0.25) is 0 Å². The quantitative estimate of drug-likeness (QED) is 0.433. The fourth-order valence-corrected chi connectivity index (χ4v) is 1.68. The fraction of sp³-hybridized carbons (Fsp3) is 0.917. The van der Waals surface area contributed by atoms with Crippen LogP contribution in [0.3, 0.4) is 0 Å². The summed E-state index contributed by atoms with van der Waals surface area (Å²) in [4.78, 5) is 11.2. The maximum atomic E-state index is 11.2. The van der Waals surface area contributed by atoms with Gasteiger partial charge in [-0.05, 0) is 0 Å². The molecule has 112 valence electrons. The molecule has 1 aliphatic heterocycles. The van der Waals surface area contributed by atoms with E-state index in [2.05, 4.69) is 10.1 Å². The zero-order valence-corrected chi connectivity index (χ0v) is 11.6. The van der Waals surface area contributed by atoms with Gasteiger partial charge in [0, 0.05) is 11.8 Å². The third-order valence-corrected chi connectivity index (χ3v) is 2.80. The van der Waals surface area contributed by atoms with E-state index in [9.17, 15) is 9.90 Å². The Kier molecular flexibility index (Phi) is 6.15. The minimum absolute atomic E-state index is 0.0332. The molecule has 0 aromatic heterocycles. The van der Waals surface area contributed by atoms with Crippen LogP contribution in [0.4, 0.5) is 0 Å². The molecule has 0 aromatic carbocycles. The average molecular weight is 277 g/mol. The molecule has 0 aromatic rings. The maximum Gasteiger partial charge on any atom is 0.325 e. The number of aliphatic hydroxyl groups excluding tert-OH is 2. The number of hydrogen-bond donors (Lipinski definition) is 3. The number of carbonyl (C=O) groups excluding carboxylic acids is 1. The largest absolute Gasteiger partial charge is 0.468 e. The molecule has 1 unspecified atom stereocenters. The summed E-state index contributed by atoms with van der Waals surface area (Å²) in [6, 6.07) is -0.958. The summed E-state index contributed by atoms with van der Waals surface area (Å²) in [7, 11) is 1.22. The predicted octanol–water partition coefficient (Wildman–Crippen LogP) is -0.782. The smallest absolute Gasteiger partial charge is 0.325 e. The van der Waals surface area contributed by atoms with Gasteiger partial charge in [0.05, 0.1) is 26.9 Å². The van der Waals surface area contributed by atoms with Crippen LogP contribution in [0.25, 0.3) is 0 Å². The van der Waals surface area contributed by atoms with Crippen LogP contribution < -0.4 is 5.32 Å². The van der Waals surface area contributed by atoms with E-state index < -0.39 is 31.1 Å². The summed E-state index contributed by atoms with van der Waals surface area (Å²) in [5, 5.41) is 21.4. The van der Waals surface area contributed by atoms with Crippen LogP contribution in [-0.2, 0) is 19.0 Å². The second kappa shape index (κ2) is 7.16. The molecule has 2 atom stereocenters. The second-order valence-electron chi connectivity index (χ2n) is 5.39. The Hall–Kier alpha value is -0.730. The molecule has 0 amide bonds. The van der Waals surface area contributed by atoms with Crippen LogP contribution in [0.1, 0.15) is 20.3 Å². The van der Waals surface area contributed by atoms with Gasteiger partial charge in [-0.1, -0.05) is 13.8 Å². The number of hydrogen-bond acceptors (Lipinski definition) is 7. The Labute approximate surface area is 112 Å². The molecule has 0 radical (unpaired) electrons. The third-order valence-electron chi connectivity index (χ3n) is 2.80. The van der Waals surface area contributed by atoms with Gasteiger partial charge < -0.3 is 24.4 Å². The zero-order valence-electron chi connectivity index (χ0n) is 11.6. The number of methoxy groups -OCH3 is 1. The predicted molar refractivity (Wildman–Crippen MR) is 66.1 cm³/mol. The third kappa shape index (κ3) is 5.42. The molecule has 3 N–H and O–H groups in total. The lowest BCUT2D eigenvalue weighted by Gasteiger charge is -2.35. The second-order valence-corrected chi connectivity index (χ2v) is 5.39. The van der Waals surface area contributed by atoms with Gasteiger partial charge in [-0.15, -0.1) is 0 Å². The lowest BCUT2D eigenvalue weighted by Crippen LogP contribution is -2.48. The first-order valence-electron chi connectivity index (χ1n) is 6.24. The maximum absolute atomic E-state index is 11.2. The summed E-state index contributed by atoms with van der Waals surface area (Å²) in [5.74, 6) is -0.631. The summed E-state index contributed by atoms with van der Waals surface area (Å²) >= 11 is 0. The van der Waals surface area contributed by atoms with Crippen LogP contribution in [0.5, 0.6) is 0 Å². The van der Waals surface area contributed by atoms with Crippen molar-refractivity contribution in [3.05, 3.63) is 0 Å². The van der Waals surface area contributed by atoms with Crippen LogP contribution in [0, 0.1) is 5.41 Å². The van der Waals surface area contributed by atoms with E-state index in [4.69, 9.17) is 14.6 Å². The first-order valence-corrected chi connectivity index (χ1v) is 6.24. The number of rotatable bonds is 6. The Bertz CT molecular complexity index is 286. The van der Waals surface area contributed by atoms with Crippen molar-refractivity contribution in [2.45, 2.75) is 38.8 Å². The van der Waals surface area contributed by atoms with E-state index in [0.717, 1.165) is 0 Å². The van der Waals surface area contributed by atoms with Crippen LogP contribution in [0.15, 0.2) is 0 Å². The highest BCUT2D eigenvalue weighted by atomic mass is 16.7. The molecule has 1 fully saturated rings. The van der Waals surface area contributed by atoms with Crippen LogP contribution >= 0.6 is 0 Å². The topological polar surface area (TPSA) is 97.3 Å². The molecule has 0 bridgehead atoms. The van der Waals surface area contributed by atoms with Crippen molar-refractivity contribution in [2.75, 3.05) is 26.9 Å². The number of nitrogens with one attached hydrogen (secondary N) is 1. The van der Waals surface area contributed by atoms with Gasteiger partial charge in [-0.25, -0.2) is 0 Å². The molecule has 0 spiro atoms. The summed E-state index contributed by atoms with van der Waals surface area (Å²) in [6.07, 6.45) is -1.38. The lowest BCUT2D eigenvalue weighted by atomic mass is 9.95. The molecule has 7 nitrogen and oxygen atoms in total. The summed E-state index contributed by atoms with van der Waals surface area (Å²) in [6.45, 7) is 4.69. The number of esters is 1. The molecule has 7 heteroatoms. The first-order chi connectivity index (χ1) is 8.88. The lowest BCUT2D eigenvalue weighted by molar-refractivity contribution is -0.232. The van der Waals surface area contributed by atoms with Crippen molar-refractivity contribution in [1.29, 1.82) is 0 Å². The van der Waals surface area contributed by atoms with Gasteiger partial charge in [0.15, 0.2) is 6.29 Å². The van der Waals surface area contributed by atoms with Gasteiger partial charge in [-0.3, -0.25) is 10.1 Å². The average Bonchev–Trinajstić information content (AvgIpc) is 2.37. The molecule has 1 heterocycles. The van der Waals surface area contributed by atoms with E-state index in [1.807, 2.05) is 13.8 Å². The standard InChI is InChI=1S/C12H23NO6/c1-12(2)6-18-10(19-7-12)4-9(15)13-8(5-14)11(16)17-3/h8-10,13-15H,4-7H2,1-3H3/t8-,9?/m0/s1. The van der Waals surface area contributed by atoms with Crippen molar-refractivity contribution in [2.24, 2.45) is 5.41 Å². The molecular weight excluding hydrogens is 254 g/mol. The monoisotopic (exact) mass is 277 g/mol. The number of aliphatic hydroxyl groups is 2. The Morgan fingerprint density at radius 1 is 1.47 bits per heavy atom. The van der Waals surface area contributed by atoms with Crippen molar-refractivity contribution in [3.63, 3.8) is 0 Å². The van der Waals surface area contributed by atoms with E-state index in [1.165, 1.54) is 7.11 Å². The SMILES string of the molecule is COC(=O)[C@H](CO)NC(O)CC1OCC(C)(C)CO1. The first kappa shape index (κ1) is 16.3. The highest BCUT2D eigenvalue weighted by Crippen LogP contribution is 2.24. The molecule has 1 aliphatic rings. The van der Waals surface area contributed by atoms with E-state index >= 15 is 0 Å². The highest BCUT2D eigenvalue weighted by molar-refractivity contribution is 5.75. The Morgan fingerprint density at radius 3 is 2.53 bits per heavy atom. The molecule has 19 heavy (non-hydrogen) atoms. The molecule has 0 aliphatic carbocycles. The normalized spacial score (nSPS) is 22.8. The molecule has 0 saturated carbocycles. The minimum atomic E-state index is -1.03. The van der Waals surface area contributed by atoms with Gasteiger partial charge >= 0.3 is 5.97 Å². The fourth-order valence-electron chi connectivity index (χ4n) is 1.68. The van der Waals surface area contributed by atoms with Crippen molar-refractivity contribution in [3.8, 4) is 0 Å². The molecule has 1 rings (SSSR count). The molecule has 1 saturated heterocycles. The van der Waals surface area contributed by atoms with Gasteiger partial charge in [-0.2, -0.15) is 0 Å². The van der Waals surface area contributed by atoms with E-state index in [1.54, 1.807) is 0 Å². The van der Waals surface area contributed by atoms with Crippen molar-refractivity contribution >= 4 is 5.97 Å². The minimum Gasteiger partial charge on any atom is -0.468 e. The Morgan fingerprint density at radius 2 is 2.05 bits per heavy atom. The van der Waals surface area contributed by atoms with Crippen LogP contribution in [0.2, 0.25) is 0 Å². The zero-order chi connectivity index (χ0) is 14.5. The van der Waals surface area contributed by atoms with Crippen molar-refractivity contribution in [1.82, 2.24) is 5.32 Å². The van der Waals surface area contributed by atoms with Gasteiger partial charge in [0.25, 0.3) is 0 Å². The Balaban J connectivity index is 2.35. The van der Waals surface area contributed by atoms with E-state index in [-0.39, 0.29) is 11.8 Å². The number of carbonyl (C=O) groups is 1. The summed E-state index contributed by atoms with van der Waals surface area (Å²) < 4.78 is 15.4. The van der Waals surface area contributed by atoms with Gasteiger partial charge in [0.1, 0.15) is 12.3 Å². The molecular formula is C12H23NO6. The van der Waals surface area contributed by atoms with E-state index in [0.29, 0.717) is 13.2 Å². The van der Waals surface area contributed by atoms with Crippen molar-refractivity contribution < 1.29 is 29.2 Å². The number of ether oxygens (including phenoxy) is 3. The van der Waals surface area contributed by atoms with Crippen LogP contribution in [-0.4, -0.2) is 61.7 Å². The highest BCUT2D eigenvalue weighted by Gasteiger charge is 2.30. The summed E-state index contributed by atoms with van der Waals surface area (Å²) in [5.41, 5.74) is -0.0332.